The molecule has 5 aromatic carbocycles. The molecule has 2 nitrogen and oxygen atoms in total. The lowest BCUT2D eigenvalue weighted by atomic mass is 10.0. The molecule has 0 saturated heterocycles. The smallest absolute Gasteiger partial charge is 0.143 e. The monoisotopic (exact) mass is 481 g/mol. The minimum Gasteiger partial charge on any atom is -0.458 e. The van der Waals surface area contributed by atoms with Crippen LogP contribution in [0.1, 0.15) is 0 Å². The van der Waals surface area contributed by atoms with Crippen molar-refractivity contribution in [1.29, 1.82) is 0 Å². The molecule has 2 heterocycles. The van der Waals surface area contributed by atoms with E-state index in [4.69, 9.17) is 4.42 Å². The van der Waals surface area contributed by atoms with Crippen molar-refractivity contribution in [3.8, 4) is 16.8 Å². The van der Waals surface area contributed by atoms with Gasteiger partial charge < -0.3 is 8.98 Å². The number of hydrogen-bond donors (Lipinski definition) is 0. The highest BCUT2D eigenvalue weighted by atomic mass is 28.3. The Balaban J connectivity index is 1.41. The molecule has 0 spiro atoms. The Bertz CT molecular complexity index is 1860. The van der Waals surface area contributed by atoms with Gasteiger partial charge in [-0.05, 0) is 29.8 Å². The predicted octanol–water partition coefficient (Wildman–Crippen LogP) is 8.90. The van der Waals surface area contributed by atoms with Gasteiger partial charge in [0.25, 0.3) is 0 Å². The Morgan fingerprint density at radius 1 is 0.528 bits per heavy atom. The molecule has 0 aliphatic rings. The van der Waals surface area contributed by atoms with E-state index in [9.17, 15) is 0 Å². The third kappa shape index (κ3) is 3.09. The highest BCUT2D eigenvalue weighted by Gasteiger charge is 2.17. The third-order valence-corrected chi connectivity index (χ3v) is 9.36. The predicted molar refractivity (Wildman–Crippen MR) is 156 cm³/mol. The Kier molecular flexibility index (Phi) is 4.54. The van der Waals surface area contributed by atoms with Gasteiger partial charge in [-0.25, -0.2) is 0 Å². The Hall–Kier alpha value is -4.08. The maximum atomic E-state index is 6.64. The second kappa shape index (κ2) is 7.71. The molecular weight excluding hydrogens is 454 g/mol. The number of furan rings is 1. The minimum atomic E-state index is -1.54. The molecule has 0 aliphatic carbocycles. The van der Waals surface area contributed by atoms with Crippen LogP contribution in [0.5, 0.6) is 0 Å². The summed E-state index contributed by atoms with van der Waals surface area (Å²) >= 11 is 0. The number of fused-ring (bicyclic) bond motifs is 6. The minimum absolute atomic E-state index is 0.975. The lowest BCUT2D eigenvalue weighted by molar-refractivity contribution is 0.672. The van der Waals surface area contributed by atoms with Crippen LogP contribution in [-0.2, 0) is 0 Å². The fourth-order valence-electron chi connectivity index (χ4n) is 5.63. The van der Waals surface area contributed by atoms with Crippen molar-refractivity contribution < 1.29 is 4.42 Å². The van der Waals surface area contributed by atoms with E-state index in [1.165, 1.54) is 43.3 Å². The molecule has 0 saturated carbocycles. The first-order valence-corrected chi connectivity index (χ1v) is 16.0. The Morgan fingerprint density at radius 3 is 1.72 bits per heavy atom. The van der Waals surface area contributed by atoms with Crippen molar-refractivity contribution in [3.05, 3.63) is 109 Å². The van der Waals surface area contributed by atoms with Crippen LogP contribution in [0.15, 0.2) is 114 Å². The fraction of sp³-hybridized carbons (Fsp3) is 0.0909. The first kappa shape index (κ1) is 21.2. The zero-order chi connectivity index (χ0) is 24.4. The van der Waals surface area contributed by atoms with E-state index in [2.05, 4.69) is 133 Å². The zero-order valence-electron chi connectivity index (χ0n) is 20.7. The maximum absolute atomic E-state index is 6.64. The summed E-state index contributed by atoms with van der Waals surface area (Å²) in [5.74, 6) is 0. The highest BCUT2D eigenvalue weighted by Crippen LogP contribution is 2.37. The van der Waals surface area contributed by atoms with Crippen molar-refractivity contribution in [2.75, 3.05) is 0 Å². The summed E-state index contributed by atoms with van der Waals surface area (Å²) in [7, 11) is -1.54. The van der Waals surface area contributed by atoms with E-state index >= 15 is 0 Å². The van der Waals surface area contributed by atoms with Gasteiger partial charge in [-0.15, -0.1) is 13.3 Å². The molecule has 0 amide bonds. The van der Waals surface area contributed by atoms with Gasteiger partial charge in [-0.1, -0.05) is 84.9 Å². The van der Waals surface area contributed by atoms with Crippen LogP contribution in [0, 0.1) is 0 Å². The molecule has 0 N–H and O–H groups in total. The van der Waals surface area contributed by atoms with Crippen LogP contribution in [0.25, 0.3) is 60.6 Å². The fourth-order valence-corrected chi connectivity index (χ4v) is 7.09. The van der Waals surface area contributed by atoms with Gasteiger partial charge >= 0.3 is 0 Å². The van der Waals surface area contributed by atoms with Gasteiger partial charge in [0.1, 0.15) is 11.2 Å². The van der Waals surface area contributed by atoms with Crippen LogP contribution in [-0.4, -0.2) is 12.6 Å². The molecule has 0 radical (unpaired) electrons. The van der Waals surface area contributed by atoms with Gasteiger partial charge in [-0.2, -0.15) is 19.6 Å². The zero-order valence-corrected chi connectivity index (χ0v) is 21.7. The molecule has 0 bridgehead atoms. The van der Waals surface area contributed by atoms with E-state index in [1.54, 1.807) is 0 Å². The van der Waals surface area contributed by atoms with Crippen molar-refractivity contribution in [3.63, 3.8) is 0 Å². The average Bonchev–Trinajstić information content (AvgIpc) is 3.44. The van der Waals surface area contributed by atoms with Crippen molar-refractivity contribution >= 4 is 57.0 Å². The van der Waals surface area contributed by atoms with Crippen LogP contribution in [0.4, 0.5) is 0 Å². The van der Waals surface area contributed by atoms with E-state index in [1.807, 2.05) is 0 Å². The average molecular weight is 482 g/mol. The summed E-state index contributed by atoms with van der Waals surface area (Å²) in [4.78, 5) is 0. The standard InChI is InChI=1S/C33H27NOSi/c1-36(2,3)31-17-9-14-28-27-13-8-12-24(32(27)35-33(28)31)22-18-20-23(21-19-22)34-29-15-6-4-10-25(29)26-11-5-7-16-30(26)34/h4-21H,1-3H3/q-1. The summed E-state index contributed by atoms with van der Waals surface area (Å²) in [6.45, 7) is 7.13. The lowest BCUT2D eigenvalue weighted by Crippen LogP contribution is -2.37. The van der Waals surface area contributed by atoms with Gasteiger partial charge in [0.05, 0.1) is 11.0 Å². The Morgan fingerprint density at radius 2 is 1.08 bits per heavy atom. The summed E-state index contributed by atoms with van der Waals surface area (Å²) in [5.41, 5.74) is 7.95. The number of benzene rings is 5. The molecule has 0 fully saturated rings. The lowest BCUT2D eigenvalue weighted by Gasteiger charge is -2.28. The molecule has 175 valence electrons. The SMILES string of the molecule is C[Si-](C)(C)c1cccc2c1oc1c(-c3ccc(-n4c5ccccc5c5ccccc54)cc3)cccc12. The van der Waals surface area contributed by atoms with Crippen molar-refractivity contribution in [2.45, 2.75) is 19.6 Å². The summed E-state index contributed by atoms with van der Waals surface area (Å²) in [6, 6.07) is 39.3. The van der Waals surface area contributed by atoms with E-state index < -0.39 is 8.07 Å². The van der Waals surface area contributed by atoms with Crippen LogP contribution >= 0.6 is 0 Å². The van der Waals surface area contributed by atoms with Crippen LogP contribution < -0.4 is 5.19 Å². The Labute approximate surface area is 211 Å². The molecule has 7 aromatic rings. The molecule has 0 aliphatic heterocycles. The van der Waals surface area contributed by atoms with Crippen LogP contribution in [0.2, 0.25) is 19.6 Å². The number of hydrogen-bond acceptors (Lipinski definition) is 1. The quantitative estimate of drug-likeness (QED) is 0.230. The van der Waals surface area contributed by atoms with E-state index in [-0.39, 0.29) is 0 Å². The molecular formula is C33H27NOSi-. The topological polar surface area (TPSA) is 18.1 Å². The molecule has 7 rings (SSSR count). The second-order valence-corrected chi connectivity index (χ2v) is 15.7. The normalized spacial score (nSPS) is 12.3. The summed E-state index contributed by atoms with van der Waals surface area (Å²) in [6.07, 6.45) is 0. The van der Waals surface area contributed by atoms with Gasteiger partial charge in [0, 0.05) is 32.8 Å². The summed E-state index contributed by atoms with van der Waals surface area (Å²) in [5, 5.41) is 6.34. The number of aromatic nitrogens is 1. The van der Waals surface area contributed by atoms with Crippen molar-refractivity contribution in [2.24, 2.45) is 0 Å². The largest absolute Gasteiger partial charge is 0.458 e. The van der Waals surface area contributed by atoms with Gasteiger partial charge in [0.15, 0.2) is 0 Å². The number of nitrogens with zero attached hydrogens (tertiary/aromatic N) is 1. The van der Waals surface area contributed by atoms with Crippen LogP contribution in [0.3, 0.4) is 0 Å². The van der Waals surface area contributed by atoms with E-state index in [0.717, 1.165) is 22.4 Å². The number of rotatable bonds is 3. The van der Waals surface area contributed by atoms with E-state index in [0.29, 0.717) is 0 Å². The molecule has 2 aromatic heterocycles. The summed E-state index contributed by atoms with van der Waals surface area (Å²) < 4.78 is 9.00. The second-order valence-electron chi connectivity index (χ2n) is 10.6. The first-order chi connectivity index (χ1) is 17.5. The van der Waals surface area contributed by atoms with Crippen molar-refractivity contribution in [1.82, 2.24) is 4.57 Å². The highest BCUT2D eigenvalue weighted by molar-refractivity contribution is 6.90. The molecule has 3 heteroatoms. The number of para-hydroxylation sites is 4. The molecule has 0 atom stereocenters. The molecule has 36 heavy (non-hydrogen) atoms. The van der Waals surface area contributed by atoms with Gasteiger partial charge in [0.2, 0.25) is 0 Å². The first-order valence-electron chi connectivity index (χ1n) is 12.5. The third-order valence-electron chi connectivity index (χ3n) is 7.35. The molecule has 0 unspecified atom stereocenters. The van der Waals surface area contributed by atoms with Gasteiger partial charge in [-0.3, -0.25) is 0 Å². The maximum Gasteiger partial charge on any atom is 0.143 e.